The van der Waals surface area contributed by atoms with Crippen molar-refractivity contribution in [2.24, 2.45) is 5.41 Å². The molecule has 1 aliphatic heterocycles. The Morgan fingerprint density at radius 2 is 2.17 bits per heavy atom. The molecule has 1 fully saturated rings. The zero-order valence-electron chi connectivity index (χ0n) is 5.90. The fourth-order valence-corrected chi connectivity index (χ4v) is 1.07. The Morgan fingerprint density at radius 1 is 1.58 bits per heavy atom. The summed E-state index contributed by atoms with van der Waals surface area (Å²) >= 11 is 0. The summed E-state index contributed by atoms with van der Waals surface area (Å²) in [5.41, 5.74) is -2.81. The Bertz CT molecular complexity index is 254. The van der Waals surface area contributed by atoms with Gasteiger partial charge >= 0.3 is 6.18 Å². The lowest BCUT2D eigenvalue weighted by Crippen LogP contribution is -2.43. The van der Waals surface area contributed by atoms with Crippen molar-refractivity contribution in [2.45, 2.75) is 12.6 Å². The third-order valence-electron chi connectivity index (χ3n) is 1.85. The summed E-state index contributed by atoms with van der Waals surface area (Å²) in [4.78, 5) is 10.7. The number of nitrogens with one attached hydrogen (secondary N) is 1. The smallest absolute Gasteiger partial charge is 0.354 e. The Labute approximate surface area is 66.2 Å². The average Bonchev–Trinajstić information content (AvgIpc) is 2.30. The Balaban J connectivity index is 3.08. The van der Waals surface area contributed by atoms with Gasteiger partial charge in [0.2, 0.25) is 11.3 Å². The van der Waals surface area contributed by atoms with Crippen LogP contribution in [0.5, 0.6) is 0 Å². The molecule has 0 radical (unpaired) electrons. The van der Waals surface area contributed by atoms with Gasteiger partial charge in [0, 0.05) is 13.0 Å². The number of rotatable bonds is 0. The lowest BCUT2D eigenvalue weighted by atomic mass is 9.87. The molecule has 0 spiro atoms. The van der Waals surface area contributed by atoms with Crippen LogP contribution in [-0.4, -0.2) is 18.6 Å². The van der Waals surface area contributed by atoms with E-state index in [2.05, 4.69) is 0 Å². The molecule has 1 saturated heterocycles. The highest BCUT2D eigenvalue weighted by Crippen LogP contribution is 2.42. The summed E-state index contributed by atoms with van der Waals surface area (Å²) in [6.45, 7) is -0.0914. The lowest BCUT2D eigenvalue weighted by molar-refractivity contribution is -0.199. The molecule has 1 unspecified atom stereocenters. The molecule has 1 aliphatic rings. The summed E-state index contributed by atoms with van der Waals surface area (Å²) in [6, 6.07) is 1.03. The van der Waals surface area contributed by atoms with Crippen LogP contribution >= 0.6 is 0 Å². The second kappa shape index (κ2) is 2.37. The van der Waals surface area contributed by atoms with Gasteiger partial charge in [-0.3, -0.25) is 4.79 Å². The second-order valence-corrected chi connectivity index (χ2v) is 2.52. The van der Waals surface area contributed by atoms with Crippen molar-refractivity contribution in [2.75, 3.05) is 6.54 Å². The highest BCUT2D eigenvalue weighted by molar-refractivity contribution is 5.88. The molecule has 0 aromatic rings. The van der Waals surface area contributed by atoms with E-state index in [1.807, 2.05) is 5.32 Å². The number of amides is 1. The Kier molecular flexibility index (Phi) is 1.75. The molecule has 66 valence electrons. The highest BCUT2D eigenvalue weighted by atomic mass is 19.4. The summed E-state index contributed by atoms with van der Waals surface area (Å²) in [6.07, 6.45) is -5.27. The minimum Gasteiger partial charge on any atom is -0.354 e. The van der Waals surface area contributed by atoms with Crippen LogP contribution in [0.2, 0.25) is 0 Å². The highest BCUT2D eigenvalue weighted by Gasteiger charge is 2.63. The first-order chi connectivity index (χ1) is 5.44. The van der Waals surface area contributed by atoms with Crippen molar-refractivity contribution >= 4 is 5.91 Å². The topological polar surface area (TPSA) is 52.9 Å². The fraction of sp³-hybridized carbons (Fsp3) is 0.667. The first kappa shape index (κ1) is 8.84. The Hall–Kier alpha value is -1.25. The largest absolute Gasteiger partial charge is 0.416 e. The van der Waals surface area contributed by atoms with Crippen LogP contribution < -0.4 is 5.32 Å². The van der Waals surface area contributed by atoms with E-state index in [1.54, 1.807) is 0 Å². The van der Waals surface area contributed by atoms with Gasteiger partial charge < -0.3 is 5.32 Å². The molecule has 0 aliphatic carbocycles. The van der Waals surface area contributed by atoms with Crippen LogP contribution in [0.3, 0.4) is 0 Å². The molecule has 1 N–H and O–H groups in total. The van der Waals surface area contributed by atoms with Crippen molar-refractivity contribution in [1.29, 1.82) is 5.26 Å². The number of hydrogen-bond donors (Lipinski definition) is 1. The summed E-state index contributed by atoms with van der Waals surface area (Å²) in [5, 5.41) is 10.3. The molecule has 1 amide bonds. The van der Waals surface area contributed by atoms with Crippen LogP contribution in [0.25, 0.3) is 0 Å². The van der Waals surface area contributed by atoms with Crippen LogP contribution in [0, 0.1) is 16.7 Å². The Morgan fingerprint density at radius 3 is 2.33 bits per heavy atom. The van der Waals surface area contributed by atoms with Crippen LogP contribution in [0.15, 0.2) is 0 Å². The molecular weight excluding hydrogens is 173 g/mol. The molecule has 0 bridgehead atoms. The van der Waals surface area contributed by atoms with Crippen LogP contribution in [0.1, 0.15) is 6.42 Å². The number of nitriles is 1. The fourth-order valence-electron chi connectivity index (χ4n) is 1.07. The summed E-state index contributed by atoms with van der Waals surface area (Å²) in [7, 11) is 0. The van der Waals surface area contributed by atoms with Crippen molar-refractivity contribution in [1.82, 2.24) is 5.32 Å². The molecule has 12 heavy (non-hydrogen) atoms. The standard InChI is InChI=1S/C6H5F3N2O/c7-6(8,9)5(3-10)1-2-11-4(5)12/h1-2H2,(H,11,12). The second-order valence-electron chi connectivity index (χ2n) is 2.52. The molecule has 0 aromatic heterocycles. The number of halogens is 3. The molecule has 6 heteroatoms. The van der Waals surface area contributed by atoms with Crippen molar-refractivity contribution in [3.8, 4) is 6.07 Å². The minimum absolute atomic E-state index is 0.0914. The predicted molar refractivity (Wildman–Crippen MR) is 31.7 cm³/mol. The molecule has 1 atom stereocenters. The van der Waals surface area contributed by atoms with E-state index in [0.717, 1.165) is 6.07 Å². The molecule has 1 rings (SSSR count). The third-order valence-corrected chi connectivity index (χ3v) is 1.85. The number of carbonyl (C=O) groups excluding carboxylic acids is 1. The normalized spacial score (nSPS) is 29.7. The van der Waals surface area contributed by atoms with Gasteiger partial charge in [0.1, 0.15) is 0 Å². The number of alkyl halides is 3. The summed E-state index contributed by atoms with van der Waals surface area (Å²) in [5.74, 6) is -1.24. The van der Waals surface area contributed by atoms with E-state index in [1.165, 1.54) is 0 Å². The minimum atomic E-state index is -4.78. The maximum absolute atomic E-state index is 12.2. The van der Waals surface area contributed by atoms with E-state index in [-0.39, 0.29) is 6.54 Å². The van der Waals surface area contributed by atoms with Crippen LogP contribution in [-0.2, 0) is 4.79 Å². The predicted octanol–water partition coefficient (Wildman–Crippen LogP) is 0.579. The van der Waals surface area contributed by atoms with E-state index in [4.69, 9.17) is 5.26 Å². The first-order valence-electron chi connectivity index (χ1n) is 3.20. The van der Waals surface area contributed by atoms with Gasteiger partial charge in [0.05, 0.1) is 6.07 Å². The maximum atomic E-state index is 12.2. The number of hydrogen-bond acceptors (Lipinski definition) is 2. The van der Waals surface area contributed by atoms with Crippen molar-refractivity contribution < 1.29 is 18.0 Å². The lowest BCUT2D eigenvalue weighted by Gasteiger charge is -2.20. The van der Waals surface area contributed by atoms with E-state index in [9.17, 15) is 18.0 Å². The third kappa shape index (κ3) is 0.932. The van der Waals surface area contributed by atoms with Gasteiger partial charge in [-0.05, 0) is 0 Å². The molecule has 1 heterocycles. The number of nitrogens with zero attached hydrogens (tertiary/aromatic N) is 1. The van der Waals surface area contributed by atoms with E-state index >= 15 is 0 Å². The van der Waals surface area contributed by atoms with Gasteiger partial charge in [-0.25, -0.2) is 0 Å². The molecule has 0 aromatic carbocycles. The monoisotopic (exact) mass is 178 g/mol. The van der Waals surface area contributed by atoms with Gasteiger partial charge in [0.25, 0.3) is 0 Å². The van der Waals surface area contributed by atoms with Crippen molar-refractivity contribution in [3.63, 3.8) is 0 Å². The van der Waals surface area contributed by atoms with Gasteiger partial charge in [-0.1, -0.05) is 0 Å². The van der Waals surface area contributed by atoms with Gasteiger partial charge in [-0.15, -0.1) is 0 Å². The van der Waals surface area contributed by atoms with Crippen molar-refractivity contribution in [3.05, 3.63) is 0 Å². The first-order valence-corrected chi connectivity index (χ1v) is 3.20. The van der Waals surface area contributed by atoms with Gasteiger partial charge in [0.15, 0.2) is 0 Å². The van der Waals surface area contributed by atoms with E-state index < -0.39 is 23.9 Å². The van der Waals surface area contributed by atoms with Crippen LogP contribution in [0.4, 0.5) is 13.2 Å². The molecular formula is C6H5F3N2O. The maximum Gasteiger partial charge on any atom is 0.416 e. The average molecular weight is 178 g/mol. The SMILES string of the molecule is N#CC1(C(F)(F)F)CCNC1=O. The van der Waals surface area contributed by atoms with E-state index in [0.29, 0.717) is 0 Å². The molecule has 0 saturated carbocycles. The molecule has 3 nitrogen and oxygen atoms in total. The zero-order valence-corrected chi connectivity index (χ0v) is 5.90. The zero-order chi connectivity index (χ0) is 9.41. The number of carbonyl (C=O) groups is 1. The quantitative estimate of drug-likeness (QED) is 0.589. The van der Waals surface area contributed by atoms with Gasteiger partial charge in [-0.2, -0.15) is 18.4 Å². The summed E-state index contributed by atoms with van der Waals surface area (Å²) < 4.78 is 36.6.